The van der Waals surface area contributed by atoms with Crippen molar-refractivity contribution in [3.63, 3.8) is 0 Å². The van der Waals surface area contributed by atoms with E-state index in [4.69, 9.17) is 0 Å². The Hall–Kier alpha value is -2.14. The molecule has 2 aromatic rings. The first kappa shape index (κ1) is 14.8. The van der Waals surface area contributed by atoms with Gasteiger partial charge in [-0.2, -0.15) is 0 Å². The molecule has 1 aromatic heterocycles. The number of para-hydroxylation sites is 1. The van der Waals surface area contributed by atoms with Crippen LogP contribution in [0.3, 0.4) is 0 Å². The van der Waals surface area contributed by atoms with Crippen LogP contribution in [0.2, 0.25) is 0 Å². The molecule has 1 aliphatic rings. The summed E-state index contributed by atoms with van der Waals surface area (Å²) in [4.78, 5) is 31.4. The normalized spacial score (nSPS) is 18.6. The summed E-state index contributed by atoms with van der Waals surface area (Å²) in [6.45, 7) is 6.50. The second-order valence-corrected chi connectivity index (χ2v) is 6.55. The number of amides is 1. The van der Waals surface area contributed by atoms with E-state index in [0.717, 1.165) is 11.9 Å². The van der Waals surface area contributed by atoms with Crippen molar-refractivity contribution in [1.29, 1.82) is 0 Å². The molecule has 1 fully saturated rings. The number of carbonyl (C=O) groups is 1. The van der Waals surface area contributed by atoms with Crippen molar-refractivity contribution >= 4 is 16.8 Å². The van der Waals surface area contributed by atoms with Crippen molar-refractivity contribution in [2.24, 2.45) is 0 Å². The number of carbonyl (C=O) groups excluding carboxylic acids is 1. The maximum atomic E-state index is 12.9. The second-order valence-electron chi connectivity index (χ2n) is 6.55. The van der Waals surface area contributed by atoms with Crippen molar-refractivity contribution < 1.29 is 4.79 Å². The van der Waals surface area contributed by atoms with Crippen LogP contribution in [0.5, 0.6) is 0 Å². The molecule has 0 saturated carbocycles. The zero-order valence-corrected chi connectivity index (χ0v) is 13.2. The molecule has 1 aliphatic heterocycles. The zero-order chi connectivity index (χ0) is 15.9. The molecule has 0 bridgehead atoms. The lowest BCUT2D eigenvalue weighted by Gasteiger charge is -2.45. The molecule has 0 radical (unpaired) electrons. The summed E-state index contributed by atoms with van der Waals surface area (Å²) in [5.41, 5.74) is 0.949. The van der Waals surface area contributed by atoms with Gasteiger partial charge in [-0.15, -0.1) is 0 Å². The lowest BCUT2D eigenvalue weighted by Crippen LogP contribution is -2.58. The first-order valence-corrected chi connectivity index (χ1v) is 7.51. The first-order valence-electron chi connectivity index (χ1n) is 7.51. The van der Waals surface area contributed by atoms with Gasteiger partial charge in [-0.3, -0.25) is 14.5 Å². The largest absolute Gasteiger partial charge is 0.335 e. The highest BCUT2D eigenvalue weighted by molar-refractivity contribution is 6.05. The molecule has 2 heterocycles. The van der Waals surface area contributed by atoms with Crippen LogP contribution in [-0.4, -0.2) is 52.9 Å². The zero-order valence-electron chi connectivity index (χ0n) is 13.2. The quantitative estimate of drug-likeness (QED) is 0.872. The van der Waals surface area contributed by atoms with Crippen LogP contribution in [0.25, 0.3) is 10.9 Å². The van der Waals surface area contributed by atoms with Gasteiger partial charge < -0.3 is 9.88 Å². The van der Waals surface area contributed by atoms with Crippen molar-refractivity contribution in [2.45, 2.75) is 19.4 Å². The number of aromatic nitrogens is 1. The molecule has 1 amide bonds. The van der Waals surface area contributed by atoms with E-state index in [2.05, 4.69) is 30.8 Å². The van der Waals surface area contributed by atoms with Crippen LogP contribution >= 0.6 is 0 Å². The third-order valence-corrected chi connectivity index (χ3v) is 4.59. The SMILES string of the molecule is CN1CCN(C(=O)c2cccc3ccc(=O)[nH]c23)CC1(C)C. The summed E-state index contributed by atoms with van der Waals surface area (Å²) in [7, 11) is 2.08. The van der Waals surface area contributed by atoms with Gasteiger partial charge in [-0.05, 0) is 38.4 Å². The lowest BCUT2D eigenvalue weighted by atomic mass is 9.98. The molecule has 5 heteroatoms. The Bertz CT molecular complexity index is 779. The van der Waals surface area contributed by atoms with Gasteiger partial charge >= 0.3 is 0 Å². The minimum Gasteiger partial charge on any atom is -0.335 e. The molecular formula is C17H21N3O2. The summed E-state index contributed by atoms with van der Waals surface area (Å²) < 4.78 is 0. The topological polar surface area (TPSA) is 56.4 Å². The van der Waals surface area contributed by atoms with Crippen molar-refractivity contribution in [3.05, 3.63) is 46.2 Å². The highest BCUT2D eigenvalue weighted by Crippen LogP contribution is 2.22. The molecule has 22 heavy (non-hydrogen) atoms. The van der Waals surface area contributed by atoms with Crippen LogP contribution in [0.4, 0.5) is 0 Å². The number of benzene rings is 1. The van der Waals surface area contributed by atoms with Crippen molar-refractivity contribution in [2.75, 3.05) is 26.7 Å². The Labute approximate surface area is 129 Å². The number of hydrogen-bond donors (Lipinski definition) is 1. The molecular weight excluding hydrogens is 278 g/mol. The number of piperazine rings is 1. The third kappa shape index (κ3) is 2.52. The lowest BCUT2D eigenvalue weighted by molar-refractivity contribution is 0.0312. The van der Waals surface area contributed by atoms with E-state index in [1.165, 1.54) is 6.07 Å². The van der Waals surface area contributed by atoms with Crippen LogP contribution in [0.1, 0.15) is 24.2 Å². The van der Waals surface area contributed by atoms with E-state index in [1.807, 2.05) is 17.0 Å². The monoisotopic (exact) mass is 299 g/mol. The molecule has 0 spiro atoms. The highest BCUT2D eigenvalue weighted by Gasteiger charge is 2.33. The van der Waals surface area contributed by atoms with E-state index < -0.39 is 0 Å². The molecule has 5 nitrogen and oxygen atoms in total. The summed E-state index contributed by atoms with van der Waals surface area (Å²) >= 11 is 0. The van der Waals surface area contributed by atoms with Gasteiger partial charge in [0.05, 0.1) is 11.1 Å². The number of likely N-dealkylation sites (N-methyl/N-ethyl adjacent to an activating group) is 1. The summed E-state index contributed by atoms with van der Waals surface area (Å²) in [5.74, 6) is -0.0198. The predicted molar refractivity (Wildman–Crippen MR) is 87.2 cm³/mol. The smallest absolute Gasteiger partial charge is 0.256 e. The molecule has 1 saturated heterocycles. The number of rotatable bonds is 1. The van der Waals surface area contributed by atoms with Gasteiger partial charge in [-0.1, -0.05) is 12.1 Å². The van der Waals surface area contributed by atoms with Gasteiger partial charge in [-0.25, -0.2) is 0 Å². The molecule has 0 unspecified atom stereocenters. The summed E-state index contributed by atoms with van der Waals surface area (Å²) in [6, 6.07) is 8.77. The molecule has 0 atom stereocenters. The maximum Gasteiger partial charge on any atom is 0.256 e. The minimum atomic E-state index is -0.188. The highest BCUT2D eigenvalue weighted by atomic mass is 16.2. The Balaban J connectivity index is 1.99. The van der Waals surface area contributed by atoms with Crippen LogP contribution in [-0.2, 0) is 0 Å². The van der Waals surface area contributed by atoms with E-state index in [0.29, 0.717) is 24.2 Å². The second kappa shape index (κ2) is 5.25. The molecule has 1 N–H and O–H groups in total. The van der Waals surface area contributed by atoms with Crippen LogP contribution in [0.15, 0.2) is 35.1 Å². The minimum absolute atomic E-state index is 0.0198. The van der Waals surface area contributed by atoms with Gasteiger partial charge in [0.15, 0.2) is 0 Å². The number of nitrogens with zero attached hydrogens (tertiary/aromatic N) is 2. The Morgan fingerprint density at radius 2 is 1.95 bits per heavy atom. The molecule has 0 aliphatic carbocycles. The Morgan fingerprint density at radius 3 is 2.68 bits per heavy atom. The van der Waals surface area contributed by atoms with E-state index in [-0.39, 0.29) is 17.0 Å². The van der Waals surface area contributed by atoms with Gasteiger partial charge in [0.1, 0.15) is 0 Å². The van der Waals surface area contributed by atoms with Gasteiger partial charge in [0.25, 0.3) is 5.91 Å². The molecule has 3 rings (SSSR count). The predicted octanol–water partition coefficient (Wildman–Crippen LogP) is 1.69. The summed E-state index contributed by atoms with van der Waals surface area (Å²) in [5, 5.41) is 0.874. The standard InChI is InChI=1S/C17H21N3O2/c1-17(2)11-20(10-9-19(17)3)16(22)13-6-4-5-12-7-8-14(21)18-15(12)13/h4-8H,9-11H2,1-3H3,(H,18,21). The Morgan fingerprint density at radius 1 is 1.18 bits per heavy atom. The van der Waals surface area contributed by atoms with Crippen LogP contribution in [0, 0.1) is 0 Å². The first-order chi connectivity index (χ1) is 10.4. The maximum absolute atomic E-state index is 12.9. The van der Waals surface area contributed by atoms with E-state index in [9.17, 15) is 9.59 Å². The van der Waals surface area contributed by atoms with Crippen molar-refractivity contribution in [3.8, 4) is 0 Å². The van der Waals surface area contributed by atoms with E-state index in [1.54, 1.807) is 12.1 Å². The van der Waals surface area contributed by atoms with Gasteiger partial charge in [0.2, 0.25) is 5.56 Å². The van der Waals surface area contributed by atoms with Crippen molar-refractivity contribution in [1.82, 2.24) is 14.8 Å². The average Bonchev–Trinajstić information content (AvgIpc) is 2.48. The summed E-state index contributed by atoms with van der Waals surface area (Å²) in [6.07, 6.45) is 0. The number of pyridine rings is 1. The fourth-order valence-electron chi connectivity index (χ4n) is 2.94. The number of aromatic amines is 1. The number of hydrogen-bond acceptors (Lipinski definition) is 3. The van der Waals surface area contributed by atoms with E-state index >= 15 is 0 Å². The molecule has 1 aromatic carbocycles. The van der Waals surface area contributed by atoms with Crippen LogP contribution < -0.4 is 5.56 Å². The number of fused-ring (bicyclic) bond motifs is 1. The number of nitrogens with one attached hydrogen (secondary N) is 1. The molecule has 116 valence electrons. The fourth-order valence-corrected chi connectivity index (χ4v) is 2.94. The van der Waals surface area contributed by atoms with Gasteiger partial charge in [0, 0.05) is 31.2 Å². The average molecular weight is 299 g/mol. The fraction of sp³-hybridized carbons (Fsp3) is 0.412. The number of H-pyrrole nitrogens is 1. The third-order valence-electron chi connectivity index (χ3n) is 4.59. The Kier molecular flexibility index (Phi) is 3.53.